The molecule has 0 aliphatic carbocycles. The van der Waals surface area contributed by atoms with Crippen molar-refractivity contribution in [1.29, 1.82) is 0 Å². The molecule has 10 rings (SSSR count). The van der Waals surface area contributed by atoms with Crippen molar-refractivity contribution >= 4 is 86.2 Å². The Kier molecular flexibility index (Phi) is 4.57. The predicted molar refractivity (Wildman–Crippen MR) is 179 cm³/mol. The number of hydrogen-bond acceptors (Lipinski definition) is 4. The second-order valence-electron chi connectivity index (χ2n) is 10.9. The lowest BCUT2D eigenvalue weighted by Crippen LogP contribution is -2.03. The van der Waals surface area contributed by atoms with Gasteiger partial charge in [-0.15, -0.1) is 11.3 Å². The van der Waals surface area contributed by atoms with Gasteiger partial charge >= 0.3 is 0 Å². The molecule has 0 bridgehead atoms. The monoisotopic (exact) mass is 567 g/mol. The van der Waals surface area contributed by atoms with Crippen LogP contribution in [0.25, 0.3) is 92.0 Å². The van der Waals surface area contributed by atoms with Crippen LogP contribution < -0.4 is 0 Å². The van der Waals surface area contributed by atoms with Gasteiger partial charge in [0, 0.05) is 48.0 Å². The van der Waals surface area contributed by atoms with Gasteiger partial charge in [0.05, 0.1) is 26.9 Å². The van der Waals surface area contributed by atoms with Gasteiger partial charge in [-0.3, -0.25) is 4.57 Å². The van der Waals surface area contributed by atoms with E-state index in [0.29, 0.717) is 5.95 Å². The molecule has 0 fully saturated rings. The highest BCUT2D eigenvalue weighted by molar-refractivity contribution is 7.27. The quantitative estimate of drug-likeness (QED) is 0.209. The molecule has 0 radical (unpaired) electrons. The lowest BCUT2D eigenvalue weighted by atomic mass is 10.0. The van der Waals surface area contributed by atoms with Crippen molar-refractivity contribution in [2.45, 2.75) is 0 Å². The van der Waals surface area contributed by atoms with Crippen molar-refractivity contribution in [3.8, 4) is 17.2 Å². The summed E-state index contributed by atoms with van der Waals surface area (Å²) in [6, 6.07) is 44.3. The minimum absolute atomic E-state index is 0.662. The summed E-state index contributed by atoms with van der Waals surface area (Å²) < 4.78 is 11.4. The Morgan fingerprint density at radius 1 is 0.558 bits per heavy atom. The number of thiophene rings is 1. The van der Waals surface area contributed by atoms with E-state index < -0.39 is 0 Å². The van der Waals surface area contributed by atoms with Crippen LogP contribution in [0.5, 0.6) is 0 Å². The van der Waals surface area contributed by atoms with E-state index in [-0.39, 0.29) is 0 Å². The SMILES string of the molecule is c1ccc(-c2nc(-n3c4ccccc4c4c5c6ccccc6oc5c5c6ccccc6sc5c43)nc3ccccc23)cc1. The van der Waals surface area contributed by atoms with Crippen molar-refractivity contribution in [1.82, 2.24) is 14.5 Å². The molecule has 0 amide bonds. The molecule has 0 N–H and O–H groups in total. The Bertz CT molecular complexity index is 2730. The van der Waals surface area contributed by atoms with Crippen LogP contribution in [0.3, 0.4) is 0 Å². The Morgan fingerprint density at radius 3 is 2.14 bits per heavy atom. The Balaban J connectivity index is 1.48. The van der Waals surface area contributed by atoms with Crippen LogP contribution in [0.2, 0.25) is 0 Å². The number of furan rings is 1. The fourth-order valence-corrected chi connectivity index (χ4v) is 8.04. The summed E-state index contributed by atoms with van der Waals surface area (Å²) >= 11 is 1.81. The normalized spacial score (nSPS) is 12.2. The molecule has 200 valence electrons. The van der Waals surface area contributed by atoms with Crippen LogP contribution in [0.15, 0.2) is 132 Å². The van der Waals surface area contributed by atoms with Gasteiger partial charge in [-0.2, -0.15) is 0 Å². The average molecular weight is 568 g/mol. The summed E-state index contributed by atoms with van der Waals surface area (Å²) in [4.78, 5) is 10.6. The molecule has 0 saturated carbocycles. The second kappa shape index (κ2) is 8.51. The summed E-state index contributed by atoms with van der Waals surface area (Å²) in [5.41, 5.74) is 6.93. The Morgan fingerprint density at radius 2 is 1.26 bits per heavy atom. The van der Waals surface area contributed by atoms with Crippen molar-refractivity contribution in [3.05, 3.63) is 127 Å². The van der Waals surface area contributed by atoms with Gasteiger partial charge in [0.15, 0.2) is 0 Å². The van der Waals surface area contributed by atoms with Gasteiger partial charge in [-0.05, 0) is 24.3 Å². The summed E-state index contributed by atoms with van der Waals surface area (Å²) in [5, 5.41) is 7.97. The first-order chi connectivity index (χ1) is 21.3. The van der Waals surface area contributed by atoms with Crippen LogP contribution >= 0.6 is 11.3 Å². The molecule has 0 spiro atoms. The molecule has 0 aliphatic rings. The van der Waals surface area contributed by atoms with Crippen molar-refractivity contribution in [2.24, 2.45) is 0 Å². The summed E-state index contributed by atoms with van der Waals surface area (Å²) in [5.74, 6) is 0.662. The smallest absolute Gasteiger partial charge is 0.235 e. The molecule has 10 aromatic rings. The van der Waals surface area contributed by atoms with Gasteiger partial charge < -0.3 is 4.42 Å². The molecule has 0 unspecified atom stereocenters. The molecular formula is C38H21N3OS. The molecule has 0 aliphatic heterocycles. The molecule has 43 heavy (non-hydrogen) atoms. The van der Waals surface area contributed by atoms with E-state index in [9.17, 15) is 0 Å². The zero-order valence-corrected chi connectivity index (χ0v) is 23.6. The highest BCUT2D eigenvalue weighted by atomic mass is 32.1. The maximum Gasteiger partial charge on any atom is 0.235 e. The van der Waals surface area contributed by atoms with E-state index in [4.69, 9.17) is 14.4 Å². The van der Waals surface area contributed by atoms with E-state index in [1.165, 1.54) is 20.2 Å². The van der Waals surface area contributed by atoms with Crippen molar-refractivity contribution < 1.29 is 4.42 Å². The van der Waals surface area contributed by atoms with Crippen LogP contribution in [0, 0.1) is 0 Å². The number of nitrogens with zero attached hydrogens (tertiary/aromatic N) is 3. The van der Waals surface area contributed by atoms with Gasteiger partial charge in [0.2, 0.25) is 5.95 Å². The van der Waals surface area contributed by atoms with Crippen LogP contribution in [0.4, 0.5) is 0 Å². The van der Waals surface area contributed by atoms with E-state index in [1.54, 1.807) is 0 Å². The first-order valence-electron chi connectivity index (χ1n) is 14.4. The molecular weight excluding hydrogens is 547 g/mol. The zero-order chi connectivity index (χ0) is 28.1. The van der Waals surface area contributed by atoms with E-state index in [0.717, 1.165) is 65.9 Å². The van der Waals surface area contributed by atoms with Gasteiger partial charge in [0.25, 0.3) is 0 Å². The number of rotatable bonds is 2. The number of aromatic nitrogens is 3. The number of para-hydroxylation sites is 3. The molecule has 4 heterocycles. The molecule has 5 heteroatoms. The minimum Gasteiger partial charge on any atom is -0.455 e. The third-order valence-electron chi connectivity index (χ3n) is 8.60. The Labute approximate surface area is 249 Å². The number of fused-ring (bicyclic) bond motifs is 13. The topological polar surface area (TPSA) is 43.9 Å². The maximum absolute atomic E-state index is 6.70. The lowest BCUT2D eigenvalue weighted by molar-refractivity contribution is 0.673. The zero-order valence-electron chi connectivity index (χ0n) is 22.8. The fourth-order valence-electron chi connectivity index (χ4n) is 6.80. The highest BCUT2D eigenvalue weighted by Crippen LogP contribution is 2.50. The van der Waals surface area contributed by atoms with Crippen LogP contribution in [0.1, 0.15) is 0 Å². The largest absolute Gasteiger partial charge is 0.455 e. The van der Waals surface area contributed by atoms with E-state index in [2.05, 4.69) is 114 Å². The number of benzene rings is 6. The van der Waals surface area contributed by atoms with Gasteiger partial charge in [-0.1, -0.05) is 103 Å². The third-order valence-corrected chi connectivity index (χ3v) is 9.77. The number of hydrogen-bond donors (Lipinski definition) is 0. The first-order valence-corrected chi connectivity index (χ1v) is 15.2. The third kappa shape index (κ3) is 3.09. The molecule has 4 nitrogen and oxygen atoms in total. The molecule has 4 aromatic heterocycles. The van der Waals surface area contributed by atoms with Crippen LogP contribution in [-0.2, 0) is 0 Å². The summed E-state index contributed by atoms with van der Waals surface area (Å²) in [6.07, 6.45) is 0. The van der Waals surface area contributed by atoms with Crippen LogP contribution in [-0.4, -0.2) is 14.5 Å². The van der Waals surface area contributed by atoms with Crippen molar-refractivity contribution in [2.75, 3.05) is 0 Å². The summed E-state index contributed by atoms with van der Waals surface area (Å²) in [6.45, 7) is 0. The maximum atomic E-state index is 6.70. The van der Waals surface area contributed by atoms with Crippen molar-refractivity contribution in [3.63, 3.8) is 0 Å². The molecule has 0 saturated heterocycles. The summed E-state index contributed by atoms with van der Waals surface area (Å²) in [7, 11) is 0. The van der Waals surface area contributed by atoms with Gasteiger partial charge in [-0.25, -0.2) is 9.97 Å². The average Bonchev–Trinajstić information content (AvgIpc) is 3.74. The second-order valence-corrected chi connectivity index (χ2v) is 12.0. The molecule has 6 aromatic carbocycles. The first kappa shape index (κ1) is 23.1. The van der Waals surface area contributed by atoms with Gasteiger partial charge in [0.1, 0.15) is 11.2 Å². The standard InChI is InChI=1S/C38H21N3OS/c1-2-12-22(13-3-1)34-23-14-4-8-18-27(23)39-38(40-34)41-28-19-9-5-15-24(28)31-32-25-16-6-10-20-29(25)42-36(32)33-26-17-7-11-21-30(26)43-37(33)35(31)41/h1-21H. The molecule has 0 atom stereocenters. The van der Waals surface area contributed by atoms with E-state index >= 15 is 0 Å². The Hall–Kier alpha value is -5.52. The predicted octanol–water partition coefficient (Wildman–Crippen LogP) is 10.7. The highest BCUT2D eigenvalue weighted by Gasteiger charge is 2.26. The fraction of sp³-hybridized carbons (Fsp3) is 0. The lowest BCUT2D eigenvalue weighted by Gasteiger charge is -2.12. The van der Waals surface area contributed by atoms with E-state index in [1.807, 2.05) is 29.5 Å². The minimum atomic E-state index is 0.662.